The highest BCUT2D eigenvalue weighted by Gasteiger charge is 2.31. The van der Waals surface area contributed by atoms with Gasteiger partial charge in [0.05, 0.1) is 28.0 Å². The molecular formula is C20H14F3N7O2. The lowest BCUT2D eigenvalue weighted by atomic mass is 10.2. The normalized spacial score (nSPS) is 13.0. The third kappa shape index (κ3) is 3.45. The maximum atomic E-state index is 12.9. The van der Waals surface area contributed by atoms with E-state index in [1.807, 2.05) is 0 Å². The molecule has 1 aromatic carbocycles. The number of halogens is 3. The number of benzene rings is 1. The van der Waals surface area contributed by atoms with E-state index in [9.17, 15) is 18.0 Å². The zero-order valence-electron chi connectivity index (χ0n) is 16.4. The summed E-state index contributed by atoms with van der Waals surface area (Å²) in [6.07, 6.45) is -1.50. The lowest BCUT2D eigenvalue weighted by Gasteiger charge is -2.10. The summed E-state index contributed by atoms with van der Waals surface area (Å²) >= 11 is 0. The molecule has 0 unspecified atom stereocenters. The minimum Gasteiger partial charge on any atom is -0.353 e. The van der Waals surface area contributed by atoms with Crippen molar-refractivity contribution in [3.63, 3.8) is 0 Å². The van der Waals surface area contributed by atoms with Gasteiger partial charge in [0, 0.05) is 12.3 Å². The summed E-state index contributed by atoms with van der Waals surface area (Å²) in [4.78, 5) is 30.7. The van der Waals surface area contributed by atoms with Gasteiger partial charge in [0.15, 0.2) is 5.82 Å². The van der Waals surface area contributed by atoms with Crippen LogP contribution in [-0.2, 0) is 6.18 Å². The molecule has 0 radical (unpaired) electrons. The molecule has 0 aliphatic heterocycles. The van der Waals surface area contributed by atoms with Gasteiger partial charge in [0.25, 0.3) is 5.91 Å². The lowest BCUT2D eigenvalue weighted by Crippen LogP contribution is -2.27. The molecule has 1 amide bonds. The summed E-state index contributed by atoms with van der Waals surface area (Å²) in [5.74, 6) is 0.0276. The largest absolute Gasteiger partial charge is 0.416 e. The Kier molecular flexibility index (Phi) is 4.43. The quantitative estimate of drug-likeness (QED) is 0.387. The fourth-order valence-corrected chi connectivity index (χ4v) is 3.30. The van der Waals surface area contributed by atoms with E-state index in [1.165, 1.54) is 12.4 Å². The molecule has 0 bridgehead atoms. The number of rotatable bonds is 4. The van der Waals surface area contributed by atoms with Gasteiger partial charge in [0.1, 0.15) is 23.4 Å². The number of nitrogens with zero attached hydrogens (tertiary/aromatic N) is 4. The molecule has 0 spiro atoms. The van der Waals surface area contributed by atoms with Crippen LogP contribution in [0.25, 0.3) is 33.7 Å². The number of H-pyrrole nitrogens is 2. The average molecular weight is 441 g/mol. The summed E-state index contributed by atoms with van der Waals surface area (Å²) < 4.78 is 44.1. The Hall–Kier alpha value is -4.22. The zero-order chi connectivity index (χ0) is 22.5. The van der Waals surface area contributed by atoms with Crippen LogP contribution in [0.2, 0.25) is 0 Å². The summed E-state index contributed by atoms with van der Waals surface area (Å²) in [6, 6.07) is 5.95. The Bertz CT molecular complexity index is 1450. The van der Waals surface area contributed by atoms with Crippen molar-refractivity contribution in [3.8, 4) is 11.6 Å². The molecule has 9 nitrogen and oxygen atoms in total. The van der Waals surface area contributed by atoms with Crippen LogP contribution in [-0.4, -0.2) is 36.0 Å². The van der Waals surface area contributed by atoms with Crippen molar-refractivity contribution in [1.29, 1.82) is 0 Å². The number of carbonyl (C=O) groups excluding carboxylic acids is 1. The predicted molar refractivity (Wildman–Crippen MR) is 106 cm³/mol. The molecule has 0 aliphatic carbocycles. The van der Waals surface area contributed by atoms with Gasteiger partial charge < -0.3 is 19.8 Å². The van der Waals surface area contributed by atoms with Crippen LogP contribution in [0.3, 0.4) is 0 Å². The van der Waals surface area contributed by atoms with Crippen molar-refractivity contribution < 1.29 is 22.5 Å². The third-order valence-electron chi connectivity index (χ3n) is 4.93. The Morgan fingerprint density at radius 2 is 2.03 bits per heavy atom. The van der Waals surface area contributed by atoms with Crippen LogP contribution in [0.4, 0.5) is 13.2 Å². The van der Waals surface area contributed by atoms with E-state index in [0.717, 1.165) is 12.1 Å². The summed E-state index contributed by atoms with van der Waals surface area (Å²) in [6.45, 7) is 1.71. The Morgan fingerprint density at radius 3 is 2.84 bits per heavy atom. The molecule has 4 heterocycles. The van der Waals surface area contributed by atoms with Gasteiger partial charge in [0.2, 0.25) is 5.76 Å². The number of hydrogen-bond donors (Lipinski definition) is 3. The van der Waals surface area contributed by atoms with E-state index < -0.39 is 23.7 Å². The first kappa shape index (κ1) is 19.7. The standard InChI is InChI=1S/C20H14F3N7O2/c1-9(27-19(31)16-11-4-5-24-17(11)26-8-25-16)13-7-15(32-30-13)18-28-12-3-2-10(20(21,22)23)6-14(12)29-18/h2-9H,1H3,(H,27,31)(H,28,29)(H,24,25,26)/t9-/m1/s1. The SMILES string of the molecule is C[C@@H](NC(=O)c1ncnc2[nH]ccc12)c1cc(-c2nc3ccc(C(F)(F)F)cc3[nH]2)on1. The van der Waals surface area contributed by atoms with E-state index in [0.29, 0.717) is 22.2 Å². The van der Waals surface area contributed by atoms with Gasteiger partial charge >= 0.3 is 6.18 Å². The first-order chi connectivity index (χ1) is 15.3. The van der Waals surface area contributed by atoms with Crippen LogP contribution in [0.1, 0.15) is 34.7 Å². The third-order valence-corrected chi connectivity index (χ3v) is 4.93. The second-order valence-electron chi connectivity index (χ2n) is 7.09. The summed E-state index contributed by atoms with van der Waals surface area (Å²) in [5, 5.41) is 7.32. The van der Waals surface area contributed by atoms with Crippen molar-refractivity contribution >= 4 is 28.0 Å². The molecule has 12 heteroatoms. The van der Waals surface area contributed by atoms with E-state index >= 15 is 0 Å². The number of fused-ring (bicyclic) bond motifs is 2. The predicted octanol–water partition coefficient (Wildman–Crippen LogP) is 4.00. The molecule has 0 saturated heterocycles. The molecule has 0 saturated carbocycles. The van der Waals surface area contributed by atoms with Gasteiger partial charge in [-0.1, -0.05) is 5.16 Å². The number of amides is 1. The van der Waals surface area contributed by atoms with Crippen molar-refractivity contribution in [3.05, 3.63) is 59.8 Å². The van der Waals surface area contributed by atoms with Gasteiger partial charge in [-0.3, -0.25) is 4.79 Å². The smallest absolute Gasteiger partial charge is 0.353 e. The number of hydrogen-bond acceptors (Lipinski definition) is 6. The van der Waals surface area contributed by atoms with E-state index in [1.54, 1.807) is 25.3 Å². The number of imidazole rings is 1. The van der Waals surface area contributed by atoms with Gasteiger partial charge in [-0.15, -0.1) is 0 Å². The molecule has 0 fully saturated rings. The van der Waals surface area contributed by atoms with Gasteiger partial charge in [-0.25, -0.2) is 15.0 Å². The highest BCUT2D eigenvalue weighted by molar-refractivity contribution is 6.03. The monoisotopic (exact) mass is 441 g/mol. The molecule has 0 aliphatic rings. The first-order valence-electron chi connectivity index (χ1n) is 9.42. The van der Waals surface area contributed by atoms with Crippen molar-refractivity contribution in [2.75, 3.05) is 0 Å². The van der Waals surface area contributed by atoms with Crippen LogP contribution in [0, 0.1) is 0 Å². The molecule has 4 aromatic heterocycles. The van der Waals surface area contributed by atoms with E-state index in [4.69, 9.17) is 4.52 Å². The fourth-order valence-electron chi connectivity index (χ4n) is 3.30. The summed E-state index contributed by atoms with van der Waals surface area (Å²) in [7, 11) is 0. The molecule has 1 atom stereocenters. The first-order valence-corrected chi connectivity index (χ1v) is 9.42. The Labute approximate surface area is 177 Å². The number of alkyl halides is 3. The number of carbonyl (C=O) groups is 1. The van der Waals surface area contributed by atoms with Crippen molar-refractivity contribution in [1.82, 2.24) is 35.4 Å². The Morgan fingerprint density at radius 1 is 1.19 bits per heavy atom. The van der Waals surface area contributed by atoms with Crippen molar-refractivity contribution in [2.45, 2.75) is 19.1 Å². The van der Waals surface area contributed by atoms with Crippen LogP contribution in [0.15, 0.2) is 47.4 Å². The molecule has 32 heavy (non-hydrogen) atoms. The topological polar surface area (TPSA) is 125 Å². The Balaban J connectivity index is 1.37. The lowest BCUT2D eigenvalue weighted by molar-refractivity contribution is -0.137. The van der Waals surface area contributed by atoms with Crippen LogP contribution >= 0.6 is 0 Å². The van der Waals surface area contributed by atoms with Crippen molar-refractivity contribution in [2.24, 2.45) is 0 Å². The minimum atomic E-state index is -4.46. The maximum absolute atomic E-state index is 12.9. The van der Waals surface area contributed by atoms with Crippen LogP contribution in [0.5, 0.6) is 0 Å². The average Bonchev–Trinajstić information content (AvgIpc) is 3.50. The molecule has 5 rings (SSSR count). The fraction of sp³-hybridized carbons (Fsp3) is 0.150. The van der Waals surface area contributed by atoms with Gasteiger partial charge in [-0.05, 0) is 31.2 Å². The van der Waals surface area contributed by atoms with Gasteiger partial charge in [-0.2, -0.15) is 13.2 Å². The highest BCUT2D eigenvalue weighted by Crippen LogP contribution is 2.32. The van der Waals surface area contributed by atoms with E-state index in [2.05, 4.69) is 35.4 Å². The second-order valence-corrected chi connectivity index (χ2v) is 7.09. The molecule has 162 valence electrons. The number of nitrogens with one attached hydrogen (secondary N) is 3. The number of aromatic amines is 2. The maximum Gasteiger partial charge on any atom is 0.416 e. The second kappa shape index (κ2) is 7.18. The summed E-state index contributed by atoms with van der Waals surface area (Å²) in [5.41, 5.74) is 0.949. The molecule has 5 aromatic rings. The van der Waals surface area contributed by atoms with E-state index in [-0.39, 0.29) is 22.8 Å². The molecular weight excluding hydrogens is 427 g/mol. The zero-order valence-corrected chi connectivity index (χ0v) is 16.4. The highest BCUT2D eigenvalue weighted by atomic mass is 19.4. The molecule has 3 N–H and O–H groups in total. The van der Waals surface area contributed by atoms with Crippen LogP contribution < -0.4 is 5.32 Å². The minimum absolute atomic E-state index is 0.213. The number of aromatic nitrogens is 6.